The molecule has 9 nitrogen and oxygen atoms in total. The molecule has 0 heterocycles. The number of methoxy groups -OCH3 is 1. The fraction of sp³-hybridized carbons (Fsp3) is 0.833. The van der Waals surface area contributed by atoms with Gasteiger partial charge in [0.2, 0.25) is 5.91 Å². The monoisotopic (exact) mass is 423 g/mol. The number of amides is 1. The van der Waals surface area contributed by atoms with E-state index in [1.54, 1.807) is 7.11 Å². The van der Waals surface area contributed by atoms with Crippen LogP contribution < -0.4 is 5.32 Å². The summed E-state index contributed by atoms with van der Waals surface area (Å²) >= 11 is -2.36. The van der Waals surface area contributed by atoms with E-state index in [2.05, 4.69) is 9.50 Å². The molecule has 0 rings (SSSR count). The number of carbonyl (C=O) groups is 3. The van der Waals surface area contributed by atoms with E-state index in [1.807, 2.05) is 0 Å². The number of rotatable bonds is 18. The van der Waals surface area contributed by atoms with Gasteiger partial charge in [-0.3, -0.25) is 18.3 Å². The third-order valence-electron chi connectivity index (χ3n) is 4.01. The van der Waals surface area contributed by atoms with E-state index in [9.17, 15) is 18.6 Å². The fourth-order valence-corrected chi connectivity index (χ4v) is 2.72. The summed E-state index contributed by atoms with van der Waals surface area (Å²) in [5.74, 6) is -0.560. The first-order valence-corrected chi connectivity index (χ1v) is 10.5. The van der Waals surface area contributed by atoms with Gasteiger partial charge in [-0.05, 0) is 38.5 Å². The smallest absolute Gasteiger partial charge is 0.305 e. The number of Topliss-reactive ketones (excluding diaryl/α,β-unsaturated/α-hetero) is 1. The lowest BCUT2D eigenvalue weighted by Crippen LogP contribution is -2.29. The van der Waals surface area contributed by atoms with Crippen LogP contribution in [0.2, 0.25) is 0 Å². The Morgan fingerprint density at radius 2 is 1.79 bits per heavy atom. The van der Waals surface area contributed by atoms with Crippen LogP contribution >= 0.6 is 0 Å². The average Bonchev–Trinajstić information content (AvgIpc) is 2.62. The summed E-state index contributed by atoms with van der Waals surface area (Å²) in [6.45, 7) is 2.42. The molecule has 164 valence electrons. The Hall–Kier alpha value is -1.36. The number of unbranched alkanes of at least 4 members (excludes halogenated alkanes) is 2. The van der Waals surface area contributed by atoms with E-state index in [-0.39, 0.29) is 49.8 Å². The second kappa shape index (κ2) is 17.7. The summed E-state index contributed by atoms with van der Waals surface area (Å²) in [6, 6.07) is 0. The average molecular weight is 424 g/mol. The molecule has 0 aromatic rings. The van der Waals surface area contributed by atoms with Crippen LogP contribution in [-0.4, -0.2) is 59.9 Å². The van der Waals surface area contributed by atoms with Gasteiger partial charge in [0.25, 0.3) is 0 Å². The molecule has 0 radical (unpaired) electrons. The molecular weight excluding hydrogens is 390 g/mol. The van der Waals surface area contributed by atoms with E-state index >= 15 is 0 Å². The minimum atomic E-state index is -2.36. The van der Waals surface area contributed by atoms with E-state index in [0.29, 0.717) is 32.3 Å². The summed E-state index contributed by atoms with van der Waals surface area (Å²) < 4.78 is 33.4. The van der Waals surface area contributed by atoms with Crippen LogP contribution in [0.1, 0.15) is 58.3 Å². The number of ether oxygens (including phenoxy) is 2. The number of carbonyl (C=O) groups excluding carboxylic acids is 3. The van der Waals surface area contributed by atoms with Crippen molar-refractivity contribution in [3.05, 3.63) is 0 Å². The standard InChI is InChI=1S/C18H33NO8S/c1-15(20)7-8-16(14-17(21)19-10-13-27-28(23)24)9-12-26-18(22)6-4-3-5-11-25-2/h16H,3-14H2,1-2H3,(H,19,21)(H,23,24). The Kier molecular flexibility index (Phi) is 16.9. The van der Waals surface area contributed by atoms with E-state index in [4.69, 9.17) is 14.0 Å². The lowest BCUT2D eigenvalue weighted by atomic mass is 9.94. The molecule has 0 aliphatic heterocycles. The molecule has 0 fully saturated rings. The quantitative estimate of drug-likeness (QED) is 0.194. The molecule has 0 saturated heterocycles. The van der Waals surface area contributed by atoms with Crippen LogP contribution in [0.15, 0.2) is 0 Å². The molecule has 0 saturated carbocycles. The van der Waals surface area contributed by atoms with E-state index in [1.165, 1.54) is 6.92 Å². The Morgan fingerprint density at radius 3 is 2.43 bits per heavy atom. The van der Waals surface area contributed by atoms with Crippen molar-refractivity contribution in [1.82, 2.24) is 5.32 Å². The summed E-state index contributed by atoms with van der Waals surface area (Å²) in [4.78, 5) is 34.9. The highest BCUT2D eigenvalue weighted by atomic mass is 32.2. The molecule has 10 heteroatoms. The lowest BCUT2D eigenvalue weighted by Gasteiger charge is -2.16. The maximum Gasteiger partial charge on any atom is 0.305 e. The largest absolute Gasteiger partial charge is 0.466 e. The molecule has 0 aliphatic carbocycles. The van der Waals surface area contributed by atoms with Crippen LogP contribution in [0.25, 0.3) is 0 Å². The number of hydrogen-bond donors (Lipinski definition) is 2. The number of ketones is 1. The minimum Gasteiger partial charge on any atom is -0.466 e. The van der Waals surface area contributed by atoms with Gasteiger partial charge in [-0.1, -0.05) is 6.42 Å². The topological polar surface area (TPSA) is 128 Å². The van der Waals surface area contributed by atoms with Crippen LogP contribution in [0.4, 0.5) is 0 Å². The summed E-state index contributed by atoms with van der Waals surface area (Å²) in [5.41, 5.74) is 0. The van der Waals surface area contributed by atoms with Crippen LogP contribution in [-0.2, 0) is 39.4 Å². The van der Waals surface area contributed by atoms with Crippen molar-refractivity contribution < 1.29 is 36.8 Å². The van der Waals surface area contributed by atoms with Gasteiger partial charge in [-0.15, -0.1) is 0 Å². The Labute approximate surface area is 169 Å². The molecule has 0 bridgehead atoms. The highest BCUT2D eigenvalue weighted by Gasteiger charge is 2.16. The zero-order valence-corrected chi connectivity index (χ0v) is 17.6. The van der Waals surface area contributed by atoms with Crippen molar-refractivity contribution >= 4 is 29.0 Å². The van der Waals surface area contributed by atoms with Gasteiger partial charge in [0.15, 0.2) is 0 Å². The zero-order chi connectivity index (χ0) is 21.2. The van der Waals surface area contributed by atoms with Crippen molar-refractivity contribution in [2.24, 2.45) is 5.92 Å². The number of hydrogen-bond acceptors (Lipinski definition) is 7. The van der Waals surface area contributed by atoms with Gasteiger partial charge in [-0.2, -0.15) is 4.21 Å². The maximum atomic E-state index is 12.0. The first-order chi connectivity index (χ1) is 13.3. The van der Waals surface area contributed by atoms with Crippen LogP contribution in [0.5, 0.6) is 0 Å². The lowest BCUT2D eigenvalue weighted by molar-refractivity contribution is -0.144. The number of esters is 1. The molecule has 2 atom stereocenters. The molecule has 0 aromatic heterocycles. The first-order valence-electron chi connectivity index (χ1n) is 9.50. The predicted molar refractivity (Wildman–Crippen MR) is 104 cm³/mol. The van der Waals surface area contributed by atoms with Crippen molar-refractivity contribution in [2.45, 2.75) is 58.3 Å². The van der Waals surface area contributed by atoms with Gasteiger partial charge in [0, 0.05) is 39.5 Å². The maximum absolute atomic E-state index is 12.0. The molecule has 2 unspecified atom stereocenters. The molecule has 0 aliphatic rings. The van der Waals surface area contributed by atoms with Crippen molar-refractivity contribution in [3.8, 4) is 0 Å². The highest BCUT2D eigenvalue weighted by molar-refractivity contribution is 7.74. The zero-order valence-electron chi connectivity index (χ0n) is 16.8. The Bertz CT molecular complexity index is 486. The van der Waals surface area contributed by atoms with Gasteiger partial charge in [-0.25, -0.2) is 0 Å². The summed E-state index contributed by atoms with van der Waals surface area (Å²) in [7, 11) is 1.64. The third-order valence-corrected chi connectivity index (χ3v) is 4.37. The summed E-state index contributed by atoms with van der Waals surface area (Å²) in [5, 5.41) is 2.59. The first kappa shape index (κ1) is 26.6. The second-order valence-corrected chi connectivity index (χ2v) is 7.18. The second-order valence-electron chi connectivity index (χ2n) is 6.51. The molecule has 28 heavy (non-hydrogen) atoms. The SMILES string of the molecule is COCCCCCC(=O)OCCC(CCC(C)=O)CC(=O)NCCOS(=O)O. The molecule has 0 spiro atoms. The molecule has 1 amide bonds. The molecular formula is C18H33NO8S. The Balaban J connectivity index is 4.12. The number of nitrogens with one attached hydrogen (secondary N) is 1. The van der Waals surface area contributed by atoms with Gasteiger partial charge >= 0.3 is 17.3 Å². The van der Waals surface area contributed by atoms with Gasteiger partial charge < -0.3 is 19.6 Å². The Morgan fingerprint density at radius 1 is 1.04 bits per heavy atom. The predicted octanol–water partition coefficient (Wildman–Crippen LogP) is 1.77. The van der Waals surface area contributed by atoms with Gasteiger partial charge in [0.1, 0.15) is 5.78 Å². The third kappa shape index (κ3) is 18.0. The van der Waals surface area contributed by atoms with Crippen LogP contribution in [0.3, 0.4) is 0 Å². The highest BCUT2D eigenvalue weighted by Crippen LogP contribution is 2.17. The molecule has 0 aromatic carbocycles. The van der Waals surface area contributed by atoms with Crippen molar-refractivity contribution in [2.75, 3.05) is 33.5 Å². The normalized spacial score (nSPS) is 13.0. The molecule has 2 N–H and O–H groups in total. The van der Waals surface area contributed by atoms with Crippen LogP contribution in [0, 0.1) is 5.92 Å². The van der Waals surface area contributed by atoms with E-state index < -0.39 is 11.4 Å². The van der Waals surface area contributed by atoms with Crippen molar-refractivity contribution in [3.63, 3.8) is 0 Å². The van der Waals surface area contributed by atoms with E-state index in [0.717, 1.165) is 19.3 Å². The van der Waals surface area contributed by atoms with Gasteiger partial charge in [0.05, 0.1) is 13.2 Å². The van der Waals surface area contributed by atoms with Crippen molar-refractivity contribution in [1.29, 1.82) is 0 Å². The fourth-order valence-electron chi connectivity index (χ4n) is 2.50. The minimum absolute atomic E-state index is 0.0392. The summed E-state index contributed by atoms with van der Waals surface area (Å²) in [6.07, 6.45) is 4.49.